The highest BCUT2D eigenvalue weighted by molar-refractivity contribution is 7.91. The van der Waals surface area contributed by atoms with Crippen molar-refractivity contribution in [1.29, 1.82) is 0 Å². The molecule has 1 fully saturated rings. The van der Waals surface area contributed by atoms with Gasteiger partial charge in [0.2, 0.25) is 10.0 Å². The van der Waals surface area contributed by atoms with Gasteiger partial charge in [-0.05, 0) is 12.1 Å². The molecule has 0 spiro atoms. The van der Waals surface area contributed by atoms with Crippen molar-refractivity contribution in [1.82, 2.24) is 9.62 Å². The molecule has 0 saturated carbocycles. The summed E-state index contributed by atoms with van der Waals surface area (Å²) in [4.78, 5) is 2.17. The van der Waals surface area contributed by atoms with Gasteiger partial charge in [-0.1, -0.05) is 11.6 Å². The highest BCUT2D eigenvalue weighted by Gasteiger charge is 2.17. The molecular formula is C10H15Cl2N2O3S2-. The predicted octanol–water partition coefficient (Wildman–Crippen LogP) is -1.98. The number of morpholine rings is 1. The van der Waals surface area contributed by atoms with Crippen molar-refractivity contribution in [2.75, 3.05) is 39.4 Å². The van der Waals surface area contributed by atoms with Crippen LogP contribution in [0.15, 0.2) is 16.3 Å². The molecule has 1 aliphatic heterocycles. The summed E-state index contributed by atoms with van der Waals surface area (Å²) in [5.41, 5.74) is 0. The third kappa shape index (κ3) is 5.18. The molecular weight excluding hydrogens is 331 g/mol. The molecule has 0 unspecified atom stereocenters. The Balaban J connectivity index is 0.00000180. The molecule has 1 N–H and O–H groups in total. The van der Waals surface area contributed by atoms with Crippen LogP contribution in [0, 0.1) is 0 Å². The Morgan fingerprint density at radius 2 is 2.05 bits per heavy atom. The summed E-state index contributed by atoms with van der Waals surface area (Å²) in [6, 6.07) is 3.10. The lowest BCUT2D eigenvalue weighted by atomic mass is 10.4. The van der Waals surface area contributed by atoms with Crippen molar-refractivity contribution in [2.24, 2.45) is 0 Å². The minimum atomic E-state index is -3.41. The standard InChI is InChI=1S/C10H15ClN2O3S2.ClH/c11-9-1-2-10(17-9)18(14,15)12-3-4-13-5-7-16-8-6-13;/h1-2,12H,3-8H2;1H/p-1. The molecule has 1 aromatic rings. The maximum atomic E-state index is 11.9. The van der Waals surface area contributed by atoms with Crippen molar-refractivity contribution in [3.05, 3.63) is 16.5 Å². The number of hydrogen-bond acceptors (Lipinski definition) is 5. The second-order valence-electron chi connectivity index (χ2n) is 3.91. The molecule has 0 bridgehead atoms. The van der Waals surface area contributed by atoms with Crippen LogP contribution in [0.1, 0.15) is 0 Å². The first-order valence-electron chi connectivity index (χ1n) is 5.63. The molecule has 9 heteroatoms. The lowest BCUT2D eigenvalue weighted by Crippen LogP contribution is -3.00. The molecule has 19 heavy (non-hydrogen) atoms. The molecule has 0 atom stereocenters. The van der Waals surface area contributed by atoms with E-state index in [1.54, 1.807) is 6.07 Å². The van der Waals surface area contributed by atoms with E-state index in [-0.39, 0.29) is 16.6 Å². The van der Waals surface area contributed by atoms with E-state index in [9.17, 15) is 8.42 Å². The van der Waals surface area contributed by atoms with Gasteiger partial charge in [0.25, 0.3) is 0 Å². The number of halogens is 2. The average molecular weight is 346 g/mol. The second-order valence-corrected chi connectivity index (χ2v) is 7.62. The van der Waals surface area contributed by atoms with Crippen LogP contribution in [-0.2, 0) is 14.8 Å². The quantitative estimate of drug-likeness (QED) is 0.671. The Morgan fingerprint density at radius 1 is 1.37 bits per heavy atom. The Morgan fingerprint density at radius 3 is 2.63 bits per heavy atom. The SMILES string of the molecule is O=S(=O)(NCCN1CCOCC1)c1ccc(Cl)s1.[Cl-]. The molecule has 0 radical (unpaired) electrons. The first kappa shape index (κ1) is 17.2. The van der Waals surface area contributed by atoms with Gasteiger partial charge in [0.05, 0.1) is 17.6 Å². The molecule has 2 heterocycles. The van der Waals surface area contributed by atoms with Gasteiger partial charge in [0.1, 0.15) is 4.21 Å². The summed E-state index contributed by atoms with van der Waals surface area (Å²) in [6.07, 6.45) is 0. The van der Waals surface area contributed by atoms with E-state index < -0.39 is 10.0 Å². The van der Waals surface area contributed by atoms with E-state index in [0.717, 1.165) is 24.4 Å². The first-order valence-corrected chi connectivity index (χ1v) is 8.31. The predicted molar refractivity (Wildman–Crippen MR) is 71.8 cm³/mol. The zero-order valence-electron chi connectivity index (χ0n) is 10.1. The minimum Gasteiger partial charge on any atom is -1.00 e. The lowest BCUT2D eigenvalue weighted by molar-refractivity contribution is -0.00000789. The summed E-state index contributed by atoms with van der Waals surface area (Å²) in [5, 5.41) is 0. The van der Waals surface area contributed by atoms with Crippen LogP contribution in [0.4, 0.5) is 0 Å². The fraction of sp³-hybridized carbons (Fsp3) is 0.600. The van der Waals surface area contributed by atoms with Gasteiger partial charge in [-0.15, -0.1) is 11.3 Å². The van der Waals surface area contributed by atoms with Crippen LogP contribution in [0.3, 0.4) is 0 Å². The van der Waals surface area contributed by atoms with E-state index >= 15 is 0 Å². The van der Waals surface area contributed by atoms with Gasteiger partial charge < -0.3 is 17.1 Å². The van der Waals surface area contributed by atoms with Crippen LogP contribution in [0.25, 0.3) is 0 Å². The second kappa shape index (κ2) is 7.78. The Bertz CT molecular complexity index is 487. The molecule has 0 amide bonds. The molecule has 110 valence electrons. The van der Waals surface area contributed by atoms with Gasteiger partial charge in [-0.2, -0.15) is 0 Å². The topological polar surface area (TPSA) is 58.6 Å². The van der Waals surface area contributed by atoms with Gasteiger partial charge in [-0.3, -0.25) is 4.90 Å². The van der Waals surface area contributed by atoms with Gasteiger partial charge >= 0.3 is 0 Å². The van der Waals surface area contributed by atoms with Crippen molar-refractivity contribution in [3.8, 4) is 0 Å². The monoisotopic (exact) mass is 345 g/mol. The molecule has 1 aliphatic rings. The van der Waals surface area contributed by atoms with Crippen LogP contribution < -0.4 is 17.1 Å². The van der Waals surface area contributed by atoms with E-state index in [4.69, 9.17) is 16.3 Å². The van der Waals surface area contributed by atoms with Gasteiger partial charge in [0.15, 0.2) is 0 Å². The van der Waals surface area contributed by atoms with Crippen LogP contribution >= 0.6 is 22.9 Å². The van der Waals surface area contributed by atoms with Crippen molar-refractivity contribution < 1.29 is 25.6 Å². The highest BCUT2D eigenvalue weighted by atomic mass is 35.5. The summed E-state index contributed by atoms with van der Waals surface area (Å²) in [5.74, 6) is 0. The number of ether oxygens (including phenoxy) is 1. The van der Waals surface area contributed by atoms with Gasteiger partial charge in [-0.25, -0.2) is 13.1 Å². The normalized spacial score (nSPS) is 17.1. The third-order valence-electron chi connectivity index (χ3n) is 2.64. The molecule has 0 aliphatic carbocycles. The third-order valence-corrected chi connectivity index (χ3v) is 5.82. The summed E-state index contributed by atoms with van der Waals surface area (Å²) >= 11 is 6.79. The molecule has 2 rings (SSSR count). The fourth-order valence-electron chi connectivity index (χ4n) is 1.68. The maximum absolute atomic E-state index is 11.9. The zero-order valence-corrected chi connectivity index (χ0v) is 13.3. The number of nitrogens with one attached hydrogen (secondary N) is 1. The van der Waals surface area contributed by atoms with Gasteiger partial charge in [0, 0.05) is 26.2 Å². The van der Waals surface area contributed by atoms with E-state index in [0.29, 0.717) is 30.6 Å². The molecule has 5 nitrogen and oxygen atoms in total. The Kier molecular flexibility index (Phi) is 7.02. The summed E-state index contributed by atoms with van der Waals surface area (Å²) in [6.45, 7) is 4.24. The number of nitrogens with zero attached hydrogens (tertiary/aromatic N) is 1. The summed E-state index contributed by atoms with van der Waals surface area (Å²) < 4.78 is 32.3. The minimum absolute atomic E-state index is 0. The van der Waals surface area contributed by atoms with Crippen molar-refractivity contribution >= 4 is 33.0 Å². The summed E-state index contributed by atoms with van der Waals surface area (Å²) in [7, 11) is -3.41. The molecule has 1 aromatic heterocycles. The number of thiophene rings is 1. The van der Waals surface area contributed by atoms with E-state index in [1.807, 2.05) is 0 Å². The average Bonchev–Trinajstić information content (AvgIpc) is 2.78. The lowest BCUT2D eigenvalue weighted by Gasteiger charge is -2.26. The van der Waals surface area contributed by atoms with Crippen molar-refractivity contribution in [3.63, 3.8) is 0 Å². The number of sulfonamides is 1. The maximum Gasteiger partial charge on any atom is 0.250 e. The largest absolute Gasteiger partial charge is 1.00 e. The smallest absolute Gasteiger partial charge is 0.250 e. The van der Waals surface area contributed by atoms with E-state index in [1.165, 1.54) is 6.07 Å². The highest BCUT2D eigenvalue weighted by Crippen LogP contribution is 2.25. The fourth-order valence-corrected chi connectivity index (χ4v) is 4.22. The van der Waals surface area contributed by atoms with Crippen LogP contribution in [0.5, 0.6) is 0 Å². The Labute approximate surface area is 128 Å². The number of rotatable bonds is 5. The van der Waals surface area contributed by atoms with Crippen LogP contribution in [-0.4, -0.2) is 52.7 Å². The zero-order chi connectivity index (χ0) is 13.0. The van der Waals surface area contributed by atoms with Crippen LogP contribution in [0.2, 0.25) is 4.34 Å². The molecule has 0 aromatic carbocycles. The van der Waals surface area contributed by atoms with E-state index in [2.05, 4.69) is 9.62 Å². The Hall–Kier alpha value is 0.110. The molecule has 1 saturated heterocycles. The van der Waals surface area contributed by atoms with Crippen molar-refractivity contribution in [2.45, 2.75) is 4.21 Å². The number of hydrogen-bond donors (Lipinski definition) is 1. The first-order chi connectivity index (χ1) is 8.58.